The molecule has 0 bridgehead atoms. The van der Waals surface area contributed by atoms with Gasteiger partial charge in [0, 0.05) is 24.4 Å². The number of Topliss-reactive ketones (excluding diaryl/α,β-unsaturated/α-hetero) is 1. The minimum Gasteiger partial charge on any atom is -0.490 e. The van der Waals surface area contributed by atoms with Gasteiger partial charge in [-0.3, -0.25) is 9.48 Å². The Balaban J connectivity index is 1.34. The van der Waals surface area contributed by atoms with Crippen molar-refractivity contribution in [1.82, 2.24) is 9.78 Å². The van der Waals surface area contributed by atoms with Gasteiger partial charge in [0.15, 0.2) is 23.9 Å². The standard InChI is InChI=1S/C22H20N2O5/c25-19(18-7-8-20-21(13-18)28-12-2-11-27-20)15-29-22(26)17-5-3-16(4-6-17)14-24-10-1-9-23-24/h1,3-10,13H,2,11-12,14-15H2. The third kappa shape index (κ3) is 4.63. The summed E-state index contributed by atoms with van der Waals surface area (Å²) in [6, 6.07) is 13.9. The molecule has 7 nitrogen and oxygen atoms in total. The Morgan fingerprint density at radius 1 is 1.00 bits per heavy atom. The monoisotopic (exact) mass is 392 g/mol. The normalized spacial score (nSPS) is 12.8. The summed E-state index contributed by atoms with van der Waals surface area (Å²) in [5.41, 5.74) is 1.81. The van der Waals surface area contributed by atoms with Crippen LogP contribution in [0.15, 0.2) is 60.9 Å². The van der Waals surface area contributed by atoms with Gasteiger partial charge in [-0.25, -0.2) is 4.79 Å². The molecule has 0 amide bonds. The van der Waals surface area contributed by atoms with Crippen LogP contribution < -0.4 is 9.47 Å². The zero-order chi connectivity index (χ0) is 20.1. The van der Waals surface area contributed by atoms with Crippen LogP contribution in [-0.2, 0) is 11.3 Å². The second-order valence-electron chi connectivity index (χ2n) is 6.61. The average molecular weight is 392 g/mol. The minimum atomic E-state index is -0.543. The first-order valence-electron chi connectivity index (χ1n) is 9.35. The highest BCUT2D eigenvalue weighted by molar-refractivity contribution is 5.99. The van der Waals surface area contributed by atoms with E-state index in [0.717, 1.165) is 12.0 Å². The number of aromatic nitrogens is 2. The van der Waals surface area contributed by atoms with Gasteiger partial charge < -0.3 is 14.2 Å². The van der Waals surface area contributed by atoms with E-state index in [9.17, 15) is 9.59 Å². The molecule has 0 radical (unpaired) electrons. The molecule has 29 heavy (non-hydrogen) atoms. The number of fused-ring (bicyclic) bond motifs is 1. The van der Waals surface area contributed by atoms with E-state index in [1.165, 1.54) is 0 Å². The molecule has 148 valence electrons. The number of esters is 1. The van der Waals surface area contributed by atoms with Crippen molar-refractivity contribution in [3.8, 4) is 11.5 Å². The van der Waals surface area contributed by atoms with Crippen LogP contribution in [0.3, 0.4) is 0 Å². The van der Waals surface area contributed by atoms with Crippen molar-refractivity contribution in [2.24, 2.45) is 0 Å². The number of rotatable bonds is 6. The maximum absolute atomic E-state index is 12.4. The lowest BCUT2D eigenvalue weighted by Gasteiger charge is -2.09. The lowest BCUT2D eigenvalue weighted by Crippen LogP contribution is -2.14. The Morgan fingerprint density at radius 3 is 2.52 bits per heavy atom. The molecular formula is C22H20N2O5. The van der Waals surface area contributed by atoms with Crippen molar-refractivity contribution < 1.29 is 23.8 Å². The van der Waals surface area contributed by atoms with Crippen molar-refractivity contribution in [1.29, 1.82) is 0 Å². The summed E-state index contributed by atoms with van der Waals surface area (Å²) in [6.45, 7) is 1.40. The summed E-state index contributed by atoms with van der Waals surface area (Å²) in [6.07, 6.45) is 4.37. The number of carbonyl (C=O) groups excluding carboxylic acids is 2. The van der Waals surface area contributed by atoms with Gasteiger partial charge in [-0.15, -0.1) is 0 Å². The summed E-state index contributed by atoms with van der Waals surface area (Å²) in [5, 5.41) is 4.15. The number of ether oxygens (including phenoxy) is 3. The Morgan fingerprint density at radius 2 is 1.76 bits per heavy atom. The number of hydrogen-bond donors (Lipinski definition) is 0. The van der Waals surface area contributed by atoms with Crippen LogP contribution in [0.5, 0.6) is 11.5 Å². The number of benzene rings is 2. The number of carbonyl (C=O) groups is 2. The molecule has 0 saturated carbocycles. The number of ketones is 1. The zero-order valence-electron chi connectivity index (χ0n) is 15.7. The highest BCUT2D eigenvalue weighted by Crippen LogP contribution is 2.30. The van der Waals surface area contributed by atoms with Crippen LogP contribution in [0.4, 0.5) is 0 Å². The molecule has 1 aliphatic rings. The van der Waals surface area contributed by atoms with E-state index in [0.29, 0.717) is 42.4 Å². The maximum atomic E-state index is 12.4. The molecule has 0 N–H and O–H groups in total. The first kappa shape index (κ1) is 18.7. The summed E-state index contributed by atoms with van der Waals surface area (Å²) < 4.78 is 18.1. The van der Waals surface area contributed by atoms with Gasteiger partial charge in [0.2, 0.25) is 0 Å². The van der Waals surface area contributed by atoms with Crippen molar-refractivity contribution in [3.63, 3.8) is 0 Å². The van der Waals surface area contributed by atoms with Gasteiger partial charge in [-0.05, 0) is 42.0 Å². The van der Waals surface area contributed by atoms with Gasteiger partial charge in [0.1, 0.15) is 0 Å². The van der Waals surface area contributed by atoms with Crippen LogP contribution in [0.25, 0.3) is 0 Å². The Kier molecular flexibility index (Phi) is 5.56. The minimum absolute atomic E-state index is 0.302. The fourth-order valence-electron chi connectivity index (χ4n) is 2.96. The molecule has 0 spiro atoms. The van der Waals surface area contributed by atoms with E-state index in [2.05, 4.69) is 5.10 Å². The Labute approximate surface area is 167 Å². The van der Waals surface area contributed by atoms with Gasteiger partial charge >= 0.3 is 5.97 Å². The quantitative estimate of drug-likeness (QED) is 0.474. The molecule has 4 rings (SSSR count). The SMILES string of the molecule is O=C(COC(=O)c1ccc(Cn2cccn2)cc1)c1ccc2c(c1)OCCCO2. The predicted molar refractivity (Wildman–Crippen MR) is 104 cm³/mol. The van der Waals surface area contributed by atoms with Crippen molar-refractivity contribution in [3.05, 3.63) is 77.6 Å². The molecular weight excluding hydrogens is 372 g/mol. The van der Waals surface area contributed by atoms with Crippen molar-refractivity contribution >= 4 is 11.8 Å². The largest absolute Gasteiger partial charge is 0.490 e. The van der Waals surface area contributed by atoms with Gasteiger partial charge in [0.25, 0.3) is 0 Å². The first-order valence-corrected chi connectivity index (χ1v) is 9.35. The van der Waals surface area contributed by atoms with Gasteiger partial charge in [0.05, 0.1) is 25.3 Å². The van der Waals surface area contributed by atoms with Crippen molar-refractivity contribution in [2.45, 2.75) is 13.0 Å². The molecule has 3 aromatic rings. The highest BCUT2D eigenvalue weighted by Gasteiger charge is 2.16. The van der Waals surface area contributed by atoms with E-state index < -0.39 is 5.97 Å². The molecule has 1 aliphatic heterocycles. The molecule has 0 saturated heterocycles. The predicted octanol–water partition coefficient (Wildman–Crippen LogP) is 3.13. The number of hydrogen-bond acceptors (Lipinski definition) is 6. The molecule has 0 atom stereocenters. The smallest absolute Gasteiger partial charge is 0.338 e. The highest BCUT2D eigenvalue weighted by atomic mass is 16.5. The first-order chi connectivity index (χ1) is 14.2. The van der Waals surface area contributed by atoms with E-state index in [1.807, 2.05) is 24.4 Å². The lowest BCUT2D eigenvalue weighted by molar-refractivity contribution is 0.0474. The van der Waals surface area contributed by atoms with Crippen molar-refractivity contribution in [2.75, 3.05) is 19.8 Å². The van der Waals surface area contributed by atoms with E-state index in [1.54, 1.807) is 41.2 Å². The Bertz CT molecular complexity index is 997. The fraction of sp³-hybridized carbons (Fsp3) is 0.227. The molecule has 7 heteroatoms. The third-order valence-corrected chi connectivity index (χ3v) is 4.50. The van der Waals surface area contributed by atoms with E-state index in [4.69, 9.17) is 14.2 Å². The summed E-state index contributed by atoms with van der Waals surface area (Å²) >= 11 is 0. The summed E-state index contributed by atoms with van der Waals surface area (Å²) in [4.78, 5) is 24.7. The molecule has 1 aromatic heterocycles. The molecule has 2 aromatic carbocycles. The lowest BCUT2D eigenvalue weighted by atomic mass is 10.1. The van der Waals surface area contributed by atoms with Gasteiger partial charge in [-0.1, -0.05) is 12.1 Å². The second-order valence-corrected chi connectivity index (χ2v) is 6.61. The molecule has 0 unspecified atom stereocenters. The summed E-state index contributed by atoms with van der Waals surface area (Å²) in [7, 11) is 0. The van der Waals surface area contributed by atoms with Crippen LogP contribution in [0, 0.1) is 0 Å². The van der Waals surface area contributed by atoms with E-state index >= 15 is 0 Å². The van der Waals surface area contributed by atoms with Crippen LogP contribution in [-0.4, -0.2) is 41.4 Å². The third-order valence-electron chi connectivity index (χ3n) is 4.50. The van der Waals surface area contributed by atoms with E-state index in [-0.39, 0.29) is 12.4 Å². The van der Waals surface area contributed by atoms with Crippen LogP contribution >= 0.6 is 0 Å². The zero-order valence-corrected chi connectivity index (χ0v) is 15.7. The fourth-order valence-corrected chi connectivity index (χ4v) is 2.96. The topological polar surface area (TPSA) is 79.7 Å². The summed E-state index contributed by atoms with van der Waals surface area (Å²) in [5.74, 6) is 0.307. The second kappa shape index (κ2) is 8.60. The average Bonchev–Trinajstić information content (AvgIpc) is 3.14. The molecule has 0 aliphatic carbocycles. The van der Waals surface area contributed by atoms with Crippen LogP contribution in [0.2, 0.25) is 0 Å². The van der Waals surface area contributed by atoms with Gasteiger partial charge in [-0.2, -0.15) is 5.10 Å². The molecule has 0 fully saturated rings. The maximum Gasteiger partial charge on any atom is 0.338 e. The Hall–Kier alpha value is -3.61. The van der Waals surface area contributed by atoms with Crippen LogP contribution in [0.1, 0.15) is 32.7 Å². The molecule has 2 heterocycles. The number of nitrogens with zero attached hydrogens (tertiary/aromatic N) is 2.